The van der Waals surface area contributed by atoms with E-state index < -0.39 is 0 Å². The Morgan fingerprint density at radius 3 is 3.00 bits per heavy atom. The number of nitriles is 1. The zero-order valence-electron chi connectivity index (χ0n) is 9.71. The van der Waals surface area contributed by atoms with Crippen LogP contribution in [0.3, 0.4) is 0 Å². The van der Waals surface area contributed by atoms with Gasteiger partial charge in [-0.3, -0.25) is 4.79 Å². The summed E-state index contributed by atoms with van der Waals surface area (Å²) >= 11 is 0. The van der Waals surface area contributed by atoms with Gasteiger partial charge in [0.25, 0.3) is 5.91 Å². The number of aryl methyl sites for hydroxylation is 1. The standard InChI is InChI=1S/C13H10N4O/c1-9-12(7-15-8-16-9)17-13(18)11-4-2-3-10(5-11)6-14/h2-5,7-8H,1H3,(H,17,18). The Bertz CT molecular complexity index is 631. The summed E-state index contributed by atoms with van der Waals surface area (Å²) in [6, 6.07) is 8.49. The minimum atomic E-state index is -0.287. The Hall–Kier alpha value is -2.74. The smallest absolute Gasteiger partial charge is 0.255 e. The zero-order chi connectivity index (χ0) is 13.0. The average molecular weight is 238 g/mol. The highest BCUT2D eigenvalue weighted by molar-refractivity contribution is 6.04. The Morgan fingerprint density at radius 1 is 1.44 bits per heavy atom. The molecule has 5 heteroatoms. The highest BCUT2D eigenvalue weighted by atomic mass is 16.1. The molecule has 0 fully saturated rings. The van der Waals surface area contributed by atoms with Gasteiger partial charge in [-0.25, -0.2) is 9.97 Å². The van der Waals surface area contributed by atoms with Crippen LogP contribution in [0.2, 0.25) is 0 Å². The number of anilines is 1. The van der Waals surface area contributed by atoms with Crippen LogP contribution in [0.15, 0.2) is 36.8 Å². The molecule has 1 heterocycles. The quantitative estimate of drug-likeness (QED) is 0.866. The molecule has 5 nitrogen and oxygen atoms in total. The van der Waals surface area contributed by atoms with Crippen LogP contribution in [0.5, 0.6) is 0 Å². The SMILES string of the molecule is Cc1ncncc1NC(=O)c1cccc(C#N)c1. The summed E-state index contributed by atoms with van der Waals surface area (Å²) in [5.41, 5.74) is 2.13. The maximum atomic E-state index is 12.0. The number of amides is 1. The Balaban J connectivity index is 2.23. The van der Waals surface area contributed by atoms with Crippen LogP contribution in [-0.2, 0) is 0 Å². The number of carbonyl (C=O) groups excluding carboxylic acids is 1. The maximum absolute atomic E-state index is 12.0. The van der Waals surface area contributed by atoms with E-state index in [1.54, 1.807) is 25.1 Å². The molecule has 0 spiro atoms. The lowest BCUT2D eigenvalue weighted by atomic mass is 10.1. The lowest BCUT2D eigenvalue weighted by molar-refractivity contribution is 0.102. The molecule has 2 aromatic rings. The first kappa shape index (κ1) is 11.7. The Morgan fingerprint density at radius 2 is 2.28 bits per heavy atom. The third kappa shape index (κ3) is 2.50. The van der Waals surface area contributed by atoms with E-state index in [1.165, 1.54) is 18.6 Å². The summed E-state index contributed by atoms with van der Waals surface area (Å²) in [7, 11) is 0. The molecule has 0 bridgehead atoms. The van der Waals surface area contributed by atoms with Crippen molar-refractivity contribution in [1.29, 1.82) is 5.26 Å². The van der Waals surface area contributed by atoms with E-state index in [1.807, 2.05) is 6.07 Å². The third-order valence-electron chi connectivity index (χ3n) is 2.41. The van der Waals surface area contributed by atoms with Crippen molar-refractivity contribution in [3.05, 3.63) is 53.6 Å². The molecule has 88 valence electrons. The summed E-state index contributed by atoms with van der Waals surface area (Å²) < 4.78 is 0. The van der Waals surface area contributed by atoms with Crippen LogP contribution in [0.4, 0.5) is 5.69 Å². The third-order valence-corrected chi connectivity index (χ3v) is 2.41. The van der Waals surface area contributed by atoms with E-state index in [2.05, 4.69) is 15.3 Å². The number of carbonyl (C=O) groups is 1. The second-order valence-electron chi connectivity index (χ2n) is 3.67. The van der Waals surface area contributed by atoms with Crippen LogP contribution in [0, 0.1) is 18.3 Å². The van der Waals surface area contributed by atoms with Crippen LogP contribution in [0.1, 0.15) is 21.6 Å². The molecular formula is C13H10N4O. The van der Waals surface area contributed by atoms with Gasteiger partial charge in [0.2, 0.25) is 0 Å². The highest BCUT2D eigenvalue weighted by Gasteiger charge is 2.08. The molecule has 0 aliphatic carbocycles. The fourth-order valence-corrected chi connectivity index (χ4v) is 1.44. The number of hydrogen-bond acceptors (Lipinski definition) is 4. The number of nitrogens with zero attached hydrogens (tertiary/aromatic N) is 3. The first-order valence-electron chi connectivity index (χ1n) is 5.29. The first-order chi connectivity index (χ1) is 8.70. The highest BCUT2D eigenvalue weighted by Crippen LogP contribution is 2.11. The van der Waals surface area contributed by atoms with Gasteiger partial charge in [-0.1, -0.05) is 6.07 Å². The molecule has 0 aliphatic heterocycles. The van der Waals surface area contributed by atoms with Crippen molar-refractivity contribution >= 4 is 11.6 Å². The number of nitrogens with one attached hydrogen (secondary N) is 1. The van der Waals surface area contributed by atoms with Gasteiger partial charge in [-0.05, 0) is 25.1 Å². The maximum Gasteiger partial charge on any atom is 0.255 e. The van der Waals surface area contributed by atoms with Crippen LogP contribution >= 0.6 is 0 Å². The Kier molecular flexibility index (Phi) is 3.30. The van der Waals surface area contributed by atoms with E-state index in [0.29, 0.717) is 22.5 Å². The van der Waals surface area contributed by atoms with Crippen molar-refractivity contribution in [3.63, 3.8) is 0 Å². The number of rotatable bonds is 2. The number of hydrogen-bond donors (Lipinski definition) is 1. The molecule has 1 aromatic carbocycles. The molecule has 0 saturated heterocycles. The molecule has 0 radical (unpaired) electrons. The second-order valence-corrected chi connectivity index (χ2v) is 3.67. The van der Waals surface area contributed by atoms with Crippen molar-refractivity contribution in [2.45, 2.75) is 6.92 Å². The van der Waals surface area contributed by atoms with Gasteiger partial charge in [0.15, 0.2) is 0 Å². The van der Waals surface area contributed by atoms with Gasteiger partial charge >= 0.3 is 0 Å². The van der Waals surface area contributed by atoms with Gasteiger partial charge in [0.1, 0.15) is 6.33 Å². The van der Waals surface area contributed by atoms with Crippen LogP contribution in [-0.4, -0.2) is 15.9 Å². The second kappa shape index (κ2) is 5.06. The van der Waals surface area contributed by atoms with E-state index in [9.17, 15) is 4.79 Å². The fraction of sp³-hybridized carbons (Fsp3) is 0.0769. The van der Waals surface area contributed by atoms with Gasteiger partial charge < -0.3 is 5.32 Å². The van der Waals surface area contributed by atoms with Crippen molar-refractivity contribution in [2.24, 2.45) is 0 Å². The van der Waals surface area contributed by atoms with Gasteiger partial charge in [-0.15, -0.1) is 0 Å². The van der Waals surface area contributed by atoms with E-state index in [4.69, 9.17) is 5.26 Å². The molecule has 1 N–H and O–H groups in total. The molecule has 18 heavy (non-hydrogen) atoms. The van der Waals surface area contributed by atoms with E-state index in [0.717, 1.165) is 0 Å². The fourth-order valence-electron chi connectivity index (χ4n) is 1.44. The normalized spacial score (nSPS) is 9.56. The summed E-state index contributed by atoms with van der Waals surface area (Å²) in [6.07, 6.45) is 2.95. The van der Waals surface area contributed by atoms with Crippen molar-refractivity contribution in [2.75, 3.05) is 5.32 Å². The zero-order valence-corrected chi connectivity index (χ0v) is 9.71. The largest absolute Gasteiger partial charge is 0.319 e. The van der Waals surface area contributed by atoms with Crippen molar-refractivity contribution in [3.8, 4) is 6.07 Å². The van der Waals surface area contributed by atoms with Gasteiger partial charge in [0.05, 0.1) is 29.2 Å². The van der Waals surface area contributed by atoms with Gasteiger partial charge in [0, 0.05) is 5.56 Å². The molecule has 1 aromatic heterocycles. The minimum Gasteiger partial charge on any atom is -0.319 e. The first-order valence-corrected chi connectivity index (χ1v) is 5.29. The monoisotopic (exact) mass is 238 g/mol. The Labute approximate surface area is 104 Å². The van der Waals surface area contributed by atoms with Gasteiger partial charge in [-0.2, -0.15) is 5.26 Å². The van der Waals surface area contributed by atoms with Crippen molar-refractivity contribution in [1.82, 2.24) is 9.97 Å². The summed E-state index contributed by atoms with van der Waals surface area (Å²) in [6.45, 7) is 1.78. The van der Waals surface area contributed by atoms with Crippen LogP contribution in [0.25, 0.3) is 0 Å². The minimum absolute atomic E-state index is 0.287. The molecule has 0 atom stereocenters. The molecule has 0 saturated carbocycles. The molecular weight excluding hydrogens is 228 g/mol. The summed E-state index contributed by atoms with van der Waals surface area (Å²) in [5, 5.41) is 11.5. The molecule has 0 aliphatic rings. The molecule has 1 amide bonds. The van der Waals surface area contributed by atoms with E-state index >= 15 is 0 Å². The number of benzene rings is 1. The molecule has 2 rings (SSSR count). The summed E-state index contributed by atoms with van der Waals surface area (Å²) in [5.74, 6) is -0.287. The van der Waals surface area contributed by atoms with Crippen LogP contribution < -0.4 is 5.32 Å². The average Bonchev–Trinajstić information content (AvgIpc) is 2.41. The number of aromatic nitrogens is 2. The lowest BCUT2D eigenvalue weighted by Crippen LogP contribution is -2.13. The predicted molar refractivity (Wildman–Crippen MR) is 65.9 cm³/mol. The topological polar surface area (TPSA) is 78.7 Å². The predicted octanol–water partition coefficient (Wildman–Crippen LogP) is 1.91. The van der Waals surface area contributed by atoms with Crippen molar-refractivity contribution < 1.29 is 4.79 Å². The summed E-state index contributed by atoms with van der Waals surface area (Å²) in [4.78, 5) is 19.8. The lowest BCUT2D eigenvalue weighted by Gasteiger charge is -2.06. The molecule has 0 unspecified atom stereocenters. The van der Waals surface area contributed by atoms with E-state index in [-0.39, 0.29) is 5.91 Å².